The SMILES string of the molecule is COc1ccc([C@@H](CN2CCCC2)Nc2cccc(F)c2C#N)cc1. The van der Waals surface area contributed by atoms with Crippen LogP contribution in [0.1, 0.15) is 30.0 Å². The molecule has 5 heteroatoms. The highest BCUT2D eigenvalue weighted by atomic mass is 19.1. The van der Waals surface area contributed by atoms with E-state index in [1.54, 1.807) is 19.2 Å². The first-order valence-corrected chi connectivity index (χ1v) is 8.52. The summed E-state index contributed by atoms with van der Waals surface area (Å²) in [7, 11) is 1.64. The van der Waals surface area contributed by atoms with E-state index in [1.807, 2.05) is 30.3 Å². The minimum atomic E-state index is -0.498. The van der Waals surface area contributed by atoms with Gasteiger partial charge in [0.15, 0.2) is 0 Å². The van der Waals surface area contributed by atoms with Crippen molar-refractivity contribution in [3.05, 3.63) is 59.4 Å². The van der Waals surface area contributed by atoms with Gasteiger partial charge in [-0.3, -0.25) is 0 Å². The molecule has 0 saturated carbocycles. The van der Waals surface area contributed by atoms with E-state index in [4.69, 9.17) is 4.74 Å². The van der Waals surface area contributed by atoms with E-state index in [9.17, 15) is 9.65 Å². The highest BCUT2D eigenvalue weighted by molar-refractivity contribution is 5.59. The van der Waals surface area contributed by atoms with Gasteiger partial charge in [0.1, 0.15) is 23.2 Å². The molecule has 25 heavy (non-hydrogen) atoms. The van der Waals surface area contributed by atoms with Crippen LogP contribution < -0.4 is 10.1 Å². The van der Waals surface area contributed by atoms with Gasteiger partial charge >= 0.3 is 0 Å². The molecule has 2 aromatic carbocycles. The van der Waals surface area contributed by atoms with E-state index in [0.29, 0.717) is 5.69 Å². The fourth-order valence-corrected chi connectivity index (χ4v) is 3.24. The molecule has 1 aliphatic heterocycles. The zero-order valence-electron chi connectivity index (χ0n) is 14.3. The van der Waals surface area contributed by atoms with E-state index in [-0.39, 0.29) is 11.6 Å². The smallest absolute Gasteiger partial charge is 0.143 e. The second-order valence-corrected chi connectivity index (χ2v) is 6.25. The Hall–Kier alpha value is -2.58. The molecule has 0 aromatic heterocycles. The van der Waals surface area contributed by atoms with Crippen LogP contribution in [-0.4, -0.2) is 31.6 Å². The number of nitriles is 1. The molecule has 0 spiro atoms. The zero-order chi connectivity index (χ0) is 17.6. The van der Waals surface area contributed by atoms with Crippen molar-refractivity contribution in [3.8, 4) is 11.8 Å². The van der Waals surface area contributed by atoms with E-state index in [2.05, 4.69) is 10.2 Å². The predicted octanol–water partition coefficient (Wildman–Crippen LogP) is 3.95. The number of rotatable bonds is 6. The van der Waals surface area contributed by atoms with Gasteiger partial charge in [0, 0.05) is 6.54 Å². The number of methoxy groups -OCH3 is 1. The Morgan fingerprint density at radius 3 is 2.56 bits per heavy atom. The Morgan fingerprint density at radius 2 is 1.92 bits per heavy atom. The second kappa shape index (κ2) is 8.00. The van der Waals surface area contributed by atoms with Crippen LogP contribution in [0.4, 0.5) is 10.1 Å². The summed E-state index contributed by atoms with van der Waals surface area (Å²) in [5.74, 6) is 0.300. The predicted molar refractivity (Wildman–Crippen MR) is 96.1 cm³/mol. The summed E-state index contributed by atoms with van der Waals surface area (Å²) in [5, 5.41) is 12.7. The molecular formula is C20H22FN3O. The van der Waals surface area contributed by atoms with Crippen LogP contribution in [0.15, 0.2) is 42.5 Å². The molecule has 1 heterocycles. The van der Waals surface area contributed by atoms with Crippen molar-refractivity contribution in [2.24, 2.45) is 0 Å². The lowest BCUT2D eigenvalue weighted by Crippen LogP contribution is -2.29. The maximum atomic E-state index is 13.9. The first kappa shape index (κ1) is 17.2. The fraction of sp³-hybridized carbons (Fsp3) is 0.350. The van der Waals surface area contributed by atoms with Gasteiger partial charge in [0.25, 0.3) is 0 Å². The van der Waals surface area contributed by atoms with Crippen LogP contribution in [0.3, 0.4) is 0 Å². The number of ether oxygens (including phenoxy) is 1. The number of likely N-dealkylation sites (tertiary alicyclic amines) is 1. The number of nitrogens with one attached hydrogen (secondary N) is 1. The molecule has 1 fully saturated rings. The molecule has 0 radical (unpaired) electrons. The van der Waals surface area contributed by atoms with Gasteiger partial charge in [0.05, 0.1) is 18.8 Å². The third-order valence-electron chi connectivity index (χ3n) is 4.61. The molecule has 4 nitrogen and oxygen atoms in total. The lowest BCUT2D eigenvalue weighted by Gasteiger charge is -2.26. The third-order valence-corrected chi connectivity index (χ3v) is 4.61. The minimum absolute atomic E-state index is 0.0297. The normalized spacial score (nSPS) is 15.6. The summed E-state index contributed by atoms with van der Waals surface area (Å²) in [6.07, 6.45) is 2.41. The number of hydrogen-bond donors (Lipinski definition) is 1. The van der Waals surface area contributed by atoms with Gasteiger partial charge in [-0.25, -0.2) is 4.39 Å². The quantitative estimate of drug-likeness (QED) is 0.865. The van der Waals surface area contributed by atoms with Crippen molar-refractivity contribution < 1.29 is 9.13 Å². The number of halogens is 1. The highest BCUT2D eigenvalue weighted by Crippen LogP contribution is 2.27. The molecule has 3 rings (SSSR count). The molecule has 0 unspecified atom stereocenters. The number of hydrogen-bond acceptors (Lipinski definition) is 4. The molecule has 0 aliphatic carbocycles. The lowest BCUT2D eigenvalue weighted by atomic mass is 10.0. The molecule has 2 aromatic rings. The van der Waals surface area contributed by atoms with Crippen molar-refractivity contribution in [2.45, 2.75) is 18.9 Å². The molecule has 1 aliphatic rings. The average Bonchev–Trinajstić information content (AvgIpc) is 3.14. The number of nitrogens with zero attached hydrogens (tertiary/aromatic N) is 2. The van der Waals surface area contributed by atoms with Gasteiger partial charge in [-0.05, 0) is 55.8 Å². The minimum Gasteiger partial charge on any atom is -0.497 e. The van der Waals surface area contributed by atoms with Gasteiger partial charge in [-0.2, -0.15) is 5.26 Å². The monoisotopic (exact) mass is 339 g/mol. The molecule has 1 N–H and O–H groups in total. The van der Waals surface area contributed by atoms with Gasteiger partial charge in [0.2, 0.25) is 0 Å². The topological polar surface area (TPSA) is 48.3 Å². The molecule has 0 amide bonds. The van der Waals surface area contributed by atoms with Crippen LogP contribution in [0.25, 0.3) is 0 Å². The third kappa shape index (κ3) is 4.09. The first-order chi connectivity index (χ1) is 12.2. The Balaban J connectivity index is 1.87. The maximum absolute atomic E-state index is 13.9. The van der Waals surface area contributed by atoms with Crippen molar-refractivity contribution in [2.75, 3.05) is 32.1 Å². The van der Waals surface area contributed by atoms with Gasteiger partial charge < -0.3 is 15.0 Å². The highest BCUT2D eigenvalue weighted by Gasteiger charge is 2.20. The summed E-state index contributed by atoms with van der Waals surface area (Å²) >= 11 is 0. The summed E-state index contributed by atoms with van der Waals surface area (Å²) in [5.41, 5.74) is 1.67. The van der Waals surface area contributed by atoms with E-state index in [1.165, 1.54) is 18.9 Å². The standard InChI is InChI=1S/C20H22FN3O/c1-25-16-9-7-15(8-10-16)20(14-24-11-2-3-12-24)23-19-6-4-5-18(21)17(19)13-22/h4-10,20,23H,2-3,11-12,14H2,1H3/t20-/m1/s1. The van der Waals surface area contributed by atoms with Crippen LogP contribution in [0.5, 0.6) is 5.75 Å². The van der Waals surface area contributed by atoms with Gasteiger partial charge in [-0.1, -0.05) is 18.2 Å². The van der Waals surface area contributed by atoms with E-state index >= 15 is 0 Å². The van der Waals surface area contributed by atoms with Crippen LogP contribution in [0, 0.1) is 17.1 Å². The zero-order valence-corrected chi connectivity index (χ0v) is 14.3. The van der Waals surface area contributed by atoms with Gasteiger partial charge in [-0.15, -0.1) is 0 Å². The van der Waals surface area contributed by atoms with Crippen molar-refractivity contribution in [1.29, 1.82) is 5.26 Å². The molecule has 1 atom stereocenters. The number of benzene rings is 2. The van der Waals surface area contributed by atoms with Crippen molar-refractivity contribution in [3.63, 3.8) is 0 Å². The Bertz CT molecular complexity index is 749. The van der Waals surface area contributed by atoms with Crippen molar-refractivity contribution in [1.82, 2.24) is 4.90 Å². The number of anilines is 1. The van der Waals surface area contributed by atoms with Crippen molar-refractivity contribution >= 4 is 5.69 Å². The van der Waals surface area contributed by atoms with Crippen LogP contribution in [-0.2, 0) is 0 Å². The second-order valence-electron chi connectivity index (χ2n) is 6.25. The largest absolute Gasteiger partial charge is 0.497 e. The maximum Gasteiger partial charge on any atom is 0.143 e. The molecule has 130 valence electrons. The molecular weight excluding hydrogens is 317 g/mol. The molecule has 1 saturated heterocycles. The molecule has 0 bridgehead atoms. The first-order valence-electron chi connectivity index (χ1n) is 8.52. The Kier molecular flexibility index (Phi) is 5.52. The lowest BCUT2D eigenvalue weighted by molar-refractivity contribution is 0.323. The summed E-state index contributed by atoms with van der Waals surface area (Å²) in [6, 6.07) is 14.5. The van der Waals surface area contributed by atoms with Crippen LogP contribution in [0.2, 0.25) is 0 Å². The fourth-order valence-electron chi connectivity index (χ4n) is 3.24. The average molecular weight is 339 g/mol. The van der Waals surface area contributed by atoms with Crippen LogP contribution >= 0.6 is 0 Å². The van der Waals surface area contributed by atoms with E-state index in [0.717, 1.165) is 30.9 Å². The summed E-state index contributed by atoms with van der Waals surface area (Å²) in [6.45, 7) is 2.96. The Labute approximate surface area is 147 Å². The van der Waals surface area contributed by atoms with E-state index < -0.39 is 5.82 Å². The Morgan fingerprint density at radius 1 is 1.20 bits per heavy atom. The summed E-state index contributed by atoms with van der Waals surface area (Å²) in [4.78, 5) is 2.40. The summed E-state index contributed by atoms with van der Waals surface area (Å²) < 4.78 is 19.1.